The molecule has 0 radical (unpaired) electrons. The lowest BCUT2D eigenvalue weighted by molar-refractivity contribution is -0.137. The van der Waals surface area contributed by atoms with Crippen molar-refractivity contribution in [1.29, 1.82) is 0 Å². The van der Waals surface area contributed by atoms with Gasteiger partial charge < -0.3 is 25.4 Å². The number of aromatic nitrogens is 1. The van der Waals surface area contributed by atoms with Gasteiger partial charge in [-0.3, -0.25) is 9.69 Å². The smallest absolute Gasteiger partial charge is 0.421 e. The molecular weight excluding hydrogens is 615 g/mol. The predicted octanol–water partition coefficient (Wildman–Crippen LogP) is 4.58. The van der Waals surface area contributed by atoms with Gasteiger partial charge in [0, 0.05) is 61.4 Å². The molecule has 2 aromatic rings. The Morgan fingerprint density at radius 3 is 2.27 bits per heavy atom. The third-order valence-corrected chi connectivity index (χ3v) is 8.57. The lowest BCUT2D eigenvalue weighted by Crippen LogP contribution is -2.60. The quantitative estimate of drug-likeness (QED) is 0.380. The summed E-state index contributed by atoms with van der Waals surface area (Å²) in [5.41, 5.74) is -3.52. The minimum Gasteiger partial charge on any atom is -0.497 e. The molecule has 3 heterocycles. The van der Waals surface area contributed by atoms with Crippen LogP contribution in [0.15, 0.2) is 24.4 Å². The maximum absolute atomic E-state index is 15.3. The average Bonchev–Trinajstić information content (AvgIpc) is 3.25. The number of anilines is 2. The molecule has 1 aliphatic carbocycles. The molecule has 0 spiro atoms. The minimum absolute atomic E-state index is 0.123. The Labute approximate surface area is 253 Å². The van der Waals surface area contributed by atoms with Crippen LogP contribution in [0, 0.1) is 17.6 Å². The minimum atomic E-state index is -5.03. The Kier molecular flexibility index (Phi) is 8.81. The molecule has 3 N–H and O–H groups in total. The zero-order valence-electron chi connectivity index (χ0n) is 24.3. The van der Waals surface area contributed by atoms with E-state index in [2.05, 4.69) is 15.6 Å². The number of ether oxygens (including phenoxy) is 1. The molecule has 3 fully saturated rings. The summed E-state index contributed by atoms with van der Waals surface area (Å²) in [6.45, 7) is 0.530. The number of amides is 3. The number of β-amino-alcohol motifs (C(OH)–C–C–N with tert-alkyl or cyclic N) is 1. The van der Waals surface area contributed by atoms with Crippen LogP contribution in [0.1, 0.15) is 49.7 Å². The van der Waals surface area contributed by atoms with Crippen LogP contribution in [0.4, 0.5) is 47.0 Å². The Bertz CT molecular complexity index is 1420. The SMILES string of the molecule is COc1cc(F)c([C@@H]2CN(c3nccc(N4CC(C)(O)C4)c3C(F)(F)F)C(=O)[C@H]2NC(=O)NC2CCC(C(F)F)CC2)c(F)c1. The molecule has 1 aromatic heterocycles. The lowest BCUT2D eigenvalue weighted by Gasteiger charge is -2.46. The summed E-state index contributed by atoms with van der Waals surface area (Å²) < 4.78 is 105. The highest BCUT2D eigenvalue weighted by Gasteiger charge is 2.50. The Balaban J connectivity index is 1.48. The fraction of sp³-hybridized carbons (Fsp3) is 0.552. The Hall–Kier alpha value is -3.82. The first-order valence-corrected chi connectivity index (χ1v) is 14.3. The molecule has 16 heteroatoms. The van der Waals surface area contributed by atoms with Gasteiger partial charge in [0.05, 0.1) is 18.4 Å². The lowest BCUT2D eigenvalue weighted by atomic mass is 9.86. The topological polar surface area (TPSA) is 107 Å². The van der Waals surface area contributed by atoms with Crippen molar-refractivity contribution in [3.05, 3.63) is 47.2 Å². The van der Waals surface area contributed by atoms with E-state index in [1.807, 2.05) is 0 Å². The Morgan fingerprint density at radius 1 is 1.11 bits per heavy atom. The highest BCUT2D eigenvalue weighted by molar-refractivity contribution is 6.03. The number of carbonyl (C=O) groups is 2. The molecule has 1 saturated carbocycles. The second-order valence-electron chi connectivity index (χ2n) is 12.0. The Morgan fingerprint density at radius 2 is 1.73 bits per heavy atom. The second kappa shape index (κ2) is 12.2. The number of aliphatic hydroxyl groups is 1. The zero-order chi connectivity index (χ0) is 32.8. The molecule has 1 aromatic carbocycles. The van der Waals surface area contributed by atoms with E-state index in [1.54, 1.807) is 0 Å². The summed E-state index contributed by atoms with van der Waals surface area (Å²) in [5.74, 6) is -6.72. The van der Waals surface area contributed by atoms with Crippen LogP contribution in [-0.4, -0.2) is 72.9 Å². The number of nitrogens with zero attached hydrogens (tertiary/aromatic N) is 3. The summed E-state index contributed by atoms with van der Waals surface area (Å²) in [6, 6.07) is -0.412. The van der Waals surface area contributed by atoms with Crippen molar-refractivity contribution in [1.82, 2.24) is 15.6 Å². The molecule has 3 aliphatic rings. The number of carbonyl (C=O) groups excluding carboxylic acids is 2. The number of alkyl halides is 5. The second-order valence-corrected chi connectivity index (χ2v) is 12.0. The van der Waals surface area contributed by atoms with Crippen LogP contribution in [0.2, 0.25) is 0 Å². The van der Waals surface area contributed by atoms with Crippen molar-refractivity contribution in [2.24, 2.45) is 5.92 Å². The van der Waals surface area contributed by atoms with E-state index >= 15 is 8.78 Å². The summed E-state index contributed by atoms with van der Waals surface area (Å²) in [7, 11) is 1.17. The largest absolute Gasteiger partial charge is 0.497 e. The van der Waals surface area contributed by atoms with Crippen molar-refractivity contribution < 1.29 is 50.2 Å². The number of hydrogen-bond acceptors (Lipinski definition) is 6. The first-order valence-electron chi connectivity index (χ1n) is 14.3. The highest BCUT2D eigenvalue weighted by Crippen LogP contribution is 2.46. The van der Waals surface area contributed by atoms with Crippen LogP contribution in [0.3, 0.4) is 0 Å². The van der Waals surface area contributed by atoms with Crippen LogP contribution in [-0.2, 0) is 11.0 Å². The van der Waals surface area contributed by atoms with E-state index in [1.165, 1.54) is 18.9 Å². The van der Waals surface area contributed by atoms with Gasteiger partial charge in [-0.1, -0.05) is 0 Å². The van der Waals surface area contributed by atoms with Gasteiger partial charge in [-0.2, -0.15) is 13.2 Å². The van der Waals surface area contributed by atoms with Gasteiger partial charge in [0.25, 0.3) is 5.91 Å². The van der Waals surface area contributed by atoms with Crippen molar-refractivity contribution in [2.75, 3.05) is 36.5 Å². The van der Waals surface area contributed by atoms with Gasteiger partial charge in [0.15, 0.2) is 0 Å². The fourth-order valence-corrected chi connectivity index (χ4v) is 6.39. The molecule has 2 saturated heterocycles. The third-order valence-electron chi connectivity index (χ3n) is 8.57. The summed E-state index contributed by atoms with van der Waals surface area (Å²) >= 11 is 0. The monoisotopic (exact) mass is 647 g/mol. The van der Waals surface area contributed by atoms with Crippen molar-refractivity contribution in [3.63, 3.8) is 0 Å². The standard InChI is InChI=1S/C29H32F7N5O4/c1-28(44)12-40(13-28)20-7-8-37-25(22(20)29(34,35)36)41-11-17(21-18(30)9-16(45-2)10-19(21)31)23(26(41)42)39-27(43)38-15-5-3-14(4-6-15)24(32)33/h7-10,14-15,17,23-24,44H,3-6,11-13H2,1-2H3,(H2,38,39,43)/t14?,15?,17-,23-/m0/s1. The fourth-order valence-electron chi connectivity index (χ4n) is 6.39. The number of halogens is 7. The molecule has 3 amide bonds. The van der Waals surface area contributed by atoms with Gasteiger partial charge in [-0.15, -0.1) is 0 Å². The summed E-state index contributed by atoms with van der Waals surface area (Å²) in [6.07, 6.45) is -5.73. The van der Waals surface area contributed by atoms with Crippen LogP contribution in [0.5, 0.6) is 5.75 Å². The molecule has 2 aliphatic heterocycles. The van der Waals surface area contributed by atoms with E-state index in [4.69, 9.17) is 4.74 Å². The number of pyridine rings is 1. The number of benzene rings is 1. The van der Waals surface area contributed by atoms with Gasteiger partial charge in [0.2, 0.25) is 6.43 Å². The molecule has 2 atom stereocenters. The maximum Gasteiger partial charge on any atom is 0.421 e. The zero-order valence-corrected chi connectivity index (χ0v) is 24.3. The summed E-state index contributed by atoms with van der Waals surface area (Å²) in [4.78, 5) is 32.6. The average molecular weight is 648 g/mol. The molecule has 246 valence electrons. The van der Waals surface area contributed by atoms with Gasteiger partial charge in [-0.25, -0.2) is 27.3 Å². The van der Waals surface area contributed by atoms with Crippen molar-refractivity contribution in [3.8, 4) is 5.75 Å². The third kappa shape index (κ3) is 6.60. The van der Waals surface area contributed by atoms with E-state index in [-0.39, 0.29) is 50.2 Å². The van der Waals surface area contributed by atoms with Crippen molar-refractivity contribution in [2.45, 2.75) is 68.8 Å². The highest BCUT2D eigenvalue weighted by atomic mass is 19.4. The number of rotatable bonds is 7. The van der Waals surface area contributed by atoms with E-state index in [0.717, 1.165) is 24.4 Å². The van der Waals surface area contributed by atoms with Gasteiger partial charge in [-0.05, 0) is 38.7 Å². The van der Waals surface area contributed by atoms with Gasteiger partial charge >= 0.3 is 12.2 Å². The molecule has 0 unspecified atom stereocenters. The number of urea groups is 1. The first kappa shape index (κ1) is 32.6. The number of methoxy groups -OCH3 is 1. The molecule has 45 heavy (non-hydrogen) atoms. The van der Waals surface area contributed by atoms with E-state index in [9.17, 15) is 36.6 Å². The van der Waals surface area contributed by atoms with Crippen LogP contribution < -0.4 is 25.2 Å². The van der Waals surface area contributed by atoms with Crippen LogP contribution >= 0.6 is 0 Å². The van der Waals surface area contributed by atoms with E-state index < -0.39 is 89.2 Å². The van der Waals surface area contributed by atoms with Gasteiger partial charge in [0.1, 0.15) is 34.8 Å². The van der Waals surface area contributed by atoms with Crippen molar-refractivity contribution >= 4 is 23.4 Å². The maximum atomic E-state index is 15.3. The first-order chi connectivity index (χ1) is 21.1. The van der Waals surface area contributed by atoms with Crippen LogP contribution in [0.25, 0.3) is 0 Å². The number of nitrogens with one attached hydrogen (secondary N) is 2. The normalized spacial score (nSPS) is 24.9. The summed E-state index contributed by atoms with van der Waals surface area (Å²) in [5, 5.41) is 15.1. The number of hydrogen-bond donors (Lipinski definition) is 3. The predicted molar refractivity (Wildman–Crippen MR) is 147 cm³/mol. The molecule has 0 bridgehead atoms. The molecular formula is C29H32F7N5O4. The molecule has 5 rings (SSSR count). The molecule has 9 nitrogen and oxygen atoms in total. The van der Waals surface area contributed by atoms with E-state index in [0.29, 0.717) is 4.90 Å².